The third-order valence-corrected chi connectivity index (χ3v) is 2.99. The first-order valence-corrected chi connectivity index (χ1v) is 7.02. The summed E-state index contributed by atoms with van der Waals surface area (Å²) in [5.41, 5.74) is 6.70. The van der Waals surface area contributed by atoms with Gasteiger partial charge in [0, 0.05) is 33.0 Å². The van der Waals surface area contributed by atoms with Crippen molar-refractivity contribution in [1.29, 1.82) is 0 Å². The fourth-order valence-electron chi connectivity index (χ4n) is 1.83. The molecule has 19 heavy (non-hydrogen) atoms. The van der Waals surface area contributed by atoms with Gasteiger partial charge < -0.3 is 20.5 Å². The molecule has 0 bridgehead atoms. The number of hydrogen-bond acceptors (Lipinski definition) is 3. The van der Waals surface area contributed by atoms with Gasteiger partial charge in [0.15, 0.2) is 5.96 Å². The molecule has 1 aliphatic heterocycles. The second kappa shape index (κ2) is 9.81. The average Bonchev–Trinajstić information content (AvgIpc) is 2.41. The molecule has 0 saturated carbocycles. The van der Waals surface area contributed by atoms with Crippen LogP contribution in [0.2, 0.25) is 0 Å². The summed E-state index contributed by atoms with van der Waals surface area (Å²) in [5.74, 6) is 1.15. The van der Waals surface area contributed by atoms with Gasteiger partial charge in [-0.3, -0.25) is 0 Å². The third-order valence-electron chi connectivity index (χ3n) is 2.99. The van der Waals surface area contributed by atoms with Crippen molar-refractivity contribution in [3.8, 4) is 0 Å². The summed E-state index contributed by atoms with van der Waals surface area (Å²) in [6.45, 7) is 10.5. The summed E-state index contributed by atoms with van der Waals surface area (Å²) >= 11 is 0. The summed E-state index contributed by atoms with van der Waals surface area (Å²) in [7, 11) is 0. The number of guanidine groups is 1. The highest BCUT2D eigenvalue weighted by atomic mass is 16.5. The molecule has 0 unspecified atom stereocenters. The molecule has 0 aromatic heterocycles. The van der Waals surface area contributed by atoms with Crippen LogP contribution in [0.5, 0.6) is 0 Å². The zero-order chi connectivity index (χ0) is 13.9. The Hall–Kier alpha value is -1.07. The van der Waals surface area contributed by atoms with E-state index in [1.54, 1.807) is 0 Å². The molecule has 0 aliphatic carbocycles. The van der Waals surface area contributed by atoms with E-state index in [1.807, 2.05) is 6.92 Å². The van der Waals surface area contributed by atoms with Crippen molar-refractivity contribution in [2.45, 2.75) is 26.2 Å². The van der Waals surface area contributed by atoms with Gasteiger partial charge in [-0.15, -0.1) is 0 Å². The number of nitrogens with two attached hydrogens (primary N) is 1. The minimum Gasteiger partial charge on any atom is -0.381 e. The molecule has 1 heterocycles. The second-order valence-corrected chi connectivity index (χ2v) is 5.07. The standard InChI is InChI=1S/C14H27N3O2/c1-12(2)10-17-14(15)16-6-3-7-19-11-13-4-8-18-9-5-13/h13H,1,3-11H2,2H3,(H3,15,16,17). The van der Waals surface area contributed by atoms with Crippen LogP contribution in [0.25, 0.3) is 0 Å². The molecule has 1 aliphatic rings. The second-order valence-electron chi connectivity index (χ2n) is 5.07. The average molecular weight is 269 g/mol. The van der Waals surface area contributed by atoms with Gasteiger partial charge in [-0.2, -0.15) is 0 Å². The molecule has 0 aromatic carbocycles. The summed E-state index contributed by atoms with van der Waals surface area (Å²) in [5, 5.41) is 3.06. The Kier molecular flexibility index (Phi) is 8.25. The van der Waals surface area contributed by atoms with Crippen molar-refractivity contribution >= 4 is 5.96 Å². The van der Waals surface area contributed by atoms with Crippen LogP contribution < -0.4 is 11.1 Å². The number of hydrogen-bond donors (Lipinski definition) is 2. The maximum atomic E-state index is 5.70. The summed E-state index contributed by atoms with van der Waals surface area (Å²) in [4.78, 5) is 4.14. The van der Waals surface area contributed by atoms with E-state index in [0.29, 0.717) is 18.4 Å². The number of aliphatic imine (C=N–C) groups is 1. The van der Waals surface area contributed by atoms with E-state index in [4.69, 9.17) is 15.2 Å². The van der Waals surface area contributed by atoms with Gasteiger partial charge in [0.25, 0.3) is 0 Å². The molecule has 0 spiro atoms. The Morgan fingerprint density at radius 1 is 1.47 bits per heavy atom. The lowest BCUT2D eigenvalue weighted by Crippen LogP contribution is -2.33. The Morgan fingerprint density at radius 2 is 2.21 bits per heavy atom. The summed E-state index contributed by atoms with van der Waals surface area (Å²) < 4.78 is 11.0. The molecule has 0 radical (unpaired) electrons. The van der Waals surface area contributed by atoms with Crippen molar-refractivity contribution in [3.63, 3.8) is 0 Å². The molecular formula is C14H27N3O2. The maximum absolute atomic E-state index is 5.70. The van der Waals surface area contributed by atoms with Crippen LogP contribution in [0.4, 0.5) is 0 Å². The Labute approximate surface area is 116 Å². The van der Waals surface area contributed by atoms with Crippen LogP contribution in [0, 0.1) is 5.92 Å². The fraction of sp³-hybridized carbons (Fsp3) is 0.786. The van der Waals surface area contributed by atoms with Crippen LogP contribution in [-0.4, -0.2) is 45.5 Å². The molecule has 5 nitrogen and oxygen atoms in total. The zero-order valence-electron chi connectivity index (χ0n) is 12.0. The zero-order valence-corrected chi connectivity index (χ0v) is 12.0. The van der Waals surface area contributed by atoms with Gasteiger partial charge in [-0.05, 0) is 32.1 Å². The van der Waals surface area contributed by atoms with Gasteiger partial charge in [0.2, 0.25) is 0 Å². The number of nitrogens with zero attached hydrogens (tertiary/aromatic N) is 1. The Morgan fingerprint density at radius 3 is 2.89 bits per heavy atom. The predicted octanol–water partition coefficient (Wildman–Crippen LogP) is 1.30. The van der Waals surface area contributed by atoms with Crippen LogP contribution in [0.15, 0.2) is 17.1 Å². The van der Waals surface area contributed by atoms with E-state index in [0.717, 1.165) is 57.8 Å². The molecule has 1 saturated heterocycles. The van der Waals surface area contributed by atoms with E-state index in [9.17, 15) is 0 Å². The molecule has 3 N–H and O–H groups in total. The van der Waals surface area contributed by atoms with Crippen molar-refractivity contribution < 1.29 is 9.47 Å². The predicted molar refractivity (Wildman–Crippen MR) is 78.3 cm³/mol. The molecular weight excluding hydrogens is 242 g/mol. The Balaban J connectivity index is 1.92. The highest BCUT2D eigenvalue weighted by Crippen LogP contribution is 2.14. The third kappa shape index (κ3) is 8.61. The molecule has 5 heteroatoms. The topological polar surface area (TPSA) is 68.9 Å². The van der Waals surface area contributed by atoms with Crippen LogP contribution in [0.3, 0.4) is 0 Å². The normalized spacial score (nSPS) is 17.4. The molecule has 0 atom stereocenters. The van der Waals surface area contributed by atoms with E-state index in [1.165, 1.54) is 0 Å². The van der Waals surface area contributed by atoms with Crippen LogP contribution in [-0.2, 0) is 9.47 Å². The van der Waals surface area contributed by atoms with E-state index in [2.05, 4.69) is 16.9 Å². The highest BCUT2D eigenvalue weighted by Gasteiger charge is 2.13. The van der Waals surface area contributed by atoms with Crippen molar-refractivity contribution in [2.75, 3.05) is 39.5 Å². The number of nitrogens with one attached hydrogen (secondary N) is 1. The fourth-order valence-corrected chi connectivity index (χ4v) is 1.83. The smallest absolute Gasteiger partial charge is 0.188 e. The quantitative estimate of drug-likeness (QED) is 0.302. The van der Waals surface area contributed by atoms with E-state index in [-0.39, 0.29) is 0 Å². The number of ether oxygens (including phenoxy) is 2. The number of rotatable bonds is 8. The Bertz CT molecular complexity index is 286. The summed E-state index contributed by atoms with van der Waals surface area (Å²) in [6.07, 6.45) is 3.18. The molecule has 1 rings (SSSR count). The van der Waals surface area contributed by atoms with Gasteiger partial charge in [-0.25, -0.2) is 4.99 Å². The SMILES string of the molecule is C=C(C)CN=C(N)NCCCOCC1CCOCC1. The highest BCUT2D eigenvalue weighted by molar-refractivity contribution is 5.77. The first-order chi connectivity index (χ1) is 9.18. The van der Waals surface area contributed by atoms with Crippen LogP contribution >= 0.6 is 0 Å². The van der Waals surface area contributed by atoms with E-state index >= 15 is 0 Å². The van der Waals surface area contributed by atoms with Crippen molar-refractivity contribution in [3.05, 3.63) is 12.2 Å². The minimum atomic E-state index is 0.479. The first-order valence-electron chi connectivity index (χ1n) is 7.02. The van der Waals surface area contributed by atoms with Gasteiger partial charge in [-0.1, -0.05) is 12.2 Å². The van der Waals surface area contributed by atoms with E-state index < -0.39 is 0 Å². The minimum absolute atomic E-state index is 0.479. The van der Waals surface area contributed by atoms with Gasteiger partial charge in [0.1, 0.15) is 0 Å². The van der Waals surface area contributed by atoms with Crippen LogP contribution in [0.1, 0.15) is 26.2 Å². The lowest BCUT2D eigenvalue weighted by molar-refractivity contribution is 0.0203. The molecule has 1 fully saturated rings. The van der Waals surface area contributed by atoms with Gasteiger partial charge >= 0.3 is 0 Å². The first kappa shape index (κ1) is 16.0. The largest absolute Gasteiger partial charge is 0.381 e. The molecule has 110 valence electrons. The van der Waals surface area contributed by atoms with Crippen molar-refractivity contribution in [1.82, 2.24) is 5.32 Å². The lowest BCUT2D eigenvalue weighted by Gasteiger charge is -2.21. The van der Waals surface area contributed by atoms with Crippen molar-refractivity contribution in [2.24, 2.45) is 16.6 Å². The maximum Gasteiger partial charge on any atom is 0.188 e. The molecule has 0 aromatic rings. The molecule has 0 amide bonds. The van der Waals surface area contributed by atoms with Gasteiger partial charge in [0.05, 0.1) is 6.54 Å². The lowest BCUT2D eigenvalue weighted by atomic mass is 10.0. The monoisotopic (exact) mass is 269 g/mol. The summed E-state index contributed by atoms with van der Waals surface area (Å²) in [6, 6.07) is 0.